The largest absolute Gasteiger partial charge is 0.480 e. The Kier molecular flexibility index (Phi) is 3.84. The van der Waals surface area contributed by atoms with Crippen LogP contribution in [-0.2, 0) is 11.8 Å². The maximum absolute atomic E-state index is 12.0. The van der Waals surface area contributed by atoms with Crippen LogP contribution in [0.2, 0.25) is 0 Å². The highest BCUT2D eigenvalue weighted by Gasteiger charge is 2.33. The summed E-state index contributed by atoms with van der Waals surface area (Å²) in [5.74, 6) is -1.39. The Bertz CT molecular complexity index is 469. The van der Waals surface area contributed by atoms with E-state index in [0.717, 1.165) is 5.69 Å². The summed E-state index contributed by atoms with van der Waals surface area (Å²) >= 11 is 0. The van der Waals surface area contributed by atoms with Gasteiger partial charge in [-0.05, 0) is 24.5 Å². The average Bonchev–Trinajstić information content (AvgIpc) is 2.54. The minimum absolute atomic E-state index is 0.368. The van der Waals surface area contributed by atoms with Crippen molar-refractivity contribution in [3.05, 3.63) is 23.5 Å². The fourth-order valence-electron chi connectivity index (χ4n) is 1.69. The number of rotatable bonds is 3. The highest BCUT2D eigenvalue weighted by Crippen LogP contribution is 2.20. The van der Waals surface area contributed by atoms with E-state index < -0.39 is 17.4 Å². The highest BCUT2D eigenvalue weighted by molar-refractivity contribution is 5.95. The number of aromatic nitrogens is 1. The lowest BCUT2D eigenvalue weighted by Gasteiger charge is -2.27. The summed E-state index contributed by atoms with van der Waals surface area (Å²) in [6, 6.07) is 2.59. The minimum Gasteiger partial charge on any atom is -0.480 e. The second kappa shape index (κ2) is 4.84. The van der Waals surface area contributed by atoms with Crippen molar-refractivity contribution in [2.24, 2.45) is 12.5 Å². The Balaban J connectivity index is 2.93. The van der Waals surface area contributed by atoms with Gasteiger partial charge in [0.15, 0.2) is 0 Å². The molecule has 5 nitrogen and oxygen atoms in total. The van der Waals surface area contributed by atoms with Gasteiger partial charge in [-0.2, -0.15) is 0 Å². The maximum atomic E-state index is 12.0. The van der Waals surface area contributed by atoms with E-state index in [1.807, 2.05) is 13.0 Å². The third-order valence-electron chi connectivity index (χ3n) is 2.99. The van der Waals surface area contributed by atoms with Gasteiger partial charge in [-0.3, -0.25) is 4.79 Å². The van der Waals surface area contributed by atoms with Crippen LogP contribution in [0.5, 0.6) is 0 Å². The van der Waals surface area contributed by atoms with Crippen molar-refractivity contribution in [2.45, 2.75) is 33.7 Å². The summed E-state index contributed by atoms with van der Waals surface area (Å²) in [5, 5.41) is 11.7. The molecule has 1 rings (SSSR count). The zero-order valence-corrected chi connectivity index (χ0v) is 11.4. The van der Waals surface area contributed by atoms with Gasteiger partial charge in [0.05, 0.1) is 0 Å². The molecule has 0 fully saturated rings. The summed E-state index contributed by atoms with van der Waals surface area (Å²) in [7, 11) is 1.77. The standard InChI is InChI=1S/C13H20N2O3/c1-8-6-7-9(15(8)5)11(16)14-10(12(17)18)13(2,3)4/h6-7,10H,1-5H3,(H,14,16)(H,17,18)/t10-/m0/s1. The van der Waals surface area contributed by atoms with Gasteiger partial charge in [0.1, 0.15) is 11.7 Å². The first-order valence-electron chi connectivity index (χ1n) is 5.80. The Morgan fingerprint density at radius 3 is 2.22 bits per heavy atom. The van der Waals surface area contributed by atoms with Gasteiger partial charge in [0.2, 0.25) is 0 Å². The van der Waals surface area contributed by atoms with Gasteiger partial charge >= 0.3 is 5.97 Å². The van der Waals surface area contributed by atoms with Crippen LogP contribution >= 0.6 is 0 Å². The molecule has 0 spiro atoms. The highest BCUT2D eigenvalue weighted by atomic mass is 16.4. The van der Waals surface area contributed by atoms with Crippen molar-refractivity contribution in [1.82, 2.24) is 9.88 Å². The number of carboxylic acids is 1. The minimum atomic E-state index is -1.03. The molecule has 0 aliphatic carbocycles. The lowest BCUT2D eigenvalue weighted by atomic mass is 9.86. The van der Waals surface area contributed by atoms with Gasteiger partial charge in [0.25, 0.3) is 5.91 Å². The van der Waals surface area contributed by atoms with E-state index >= 15 is 0 Å². The molecule has 1 aromatic heterocycles. The van der Waals surface area contributed by atoms with Crippen LogP contribution in [-0.4, -0.2) is 27.6 Å². The fraction of sp³-hybridized carbons (Fsp3) is 0.538. The Labute approximate surface area is 107 Å². The number of hydrogen-bond donors (Lipinski definition) is 2. The van der Waals surface area contributed by atoms with Crippen molar-refractivity contribution < 1.29 is 14.7 Å². The van der Waals surface area contributed by atoms with Crippen molar-refractivity contribution in [1.29, 1.82) is 0 Å². The van der Waals surface area contributed by atoms with Gasteiger partial charge in [-0.15, -0.1) is 0 Å². The lowest BCUT2D eigenvalue weighted by Crippen LogP contribution is -2.49. The summed E-state index contributed by atoms with van der Waals surface area (Å²) in [6.45, 7) is 7.22. The van der Waals surface area contributed by atoms with Crippen LogP contribution in [0.1, 0.15) is 37.0 Å². The third-order valence-corrected chi connectivity index (χ3v) is 2.99. The van der Waals surface area contributed by atoms with E-state index in [1.165, 1.54) is 0 Å². The zero-order valence-electron chi connectivity index (χ0n) is 11.4. The van der Waals surface area contributed by atoms with Crippen molar-refractivity contribution in [3.8, 4) is 0 Å². The molecule has 0 saturated heterocycles. The molecule has 100 valence electrons. The Hall–Kier alpha value is -1.78. The molecule has 18 heavy (non-hydrogen) atoms. The quantitative estimate of drug-likeness (QED) is 0.857. The van der Waals surface area contributed by atoms with Gasteiger partial charge in [-0.25, -0.2) is 4.79 Å². The number of aliphatic carboxylic acids is 1. The van der Waals surface area contributed by atoms with Crippen LogP contribution in [0, 0.1) is 12.3 Å². The summed E-state index contributed by atoms with van der Waals surface area (Å²) in [6.07, 6.45) is 0. The Morgan fingerprint density at radius 1 is 1.33 bits per heavy atom. The summed E-state index contributed by atoms with van der Waals surface area (Å²) < 4.78 is 1.73. The number of aryl methyl sites for hydroxylation is 1. The predicted molar refractivity (Wildman–Crippen MR) is 68.5 cm³/mol. The van der Waals surface area contributed by atoms with Crippen molar-refractivity contribution >= 4 is 11.9 Å². The normalized spacial score (nSPS) is 13.2. The Morgan fingerprint density at radius 2 is 1.89 bits per heavy atom. The predicted octanol–water partition coefficient (Wildman–Crippen LogP) is 1.56. The molecule has 0 saturated carbocycles. The maximum Gasteiger partial charge on any atom is 0.326 e. The zero-order chi connectivity index (χ0) is 14.1. The van der Waals surface area contributed by atoms with Crippen LogP contribution in [0.3, 0.4) is 0 Å². The molecule has 1 aromatic rings. The molecule has 1 amide bonds. The molecule has 2 N–H and O–H groups in total. The summed E-state index contributed by atoms with van der Waals surface area (Å²) in [4.78, 5) is 23.2. The lowest BCUT2D eigenvalue weighted by molar-refractivity contribution is -0.142. The molecule has 1 heterocycles. The SMILES string of the molecule is Cc1ccc(C(=O)N[C@@H](C(=O)O)C(C)(C)C)n1C. The van der Waals surface area contributed by atoms with Crippen LogP contribution in [0.15, 0.2) is 12.1 Å². The number of amides is 1. The van der Waals surface area contributed by atoms with Crippen LogP contribution in [0.25, 0.3) is 0 Å². The number of carboxylic acid groups (broad SMARTS) is 1. The topological polar surface area (TPSA) is 71.3 Å². The smallest absolute Gasteiger partial charge is 0.326 e. The molecule has 0 unspecified atom stereocenters. The molecule has 0 aliphatic heterocycles. The number of carbonyl (C=O) groups is 2. The monoisotopic (exact) mass is 252 g/mol. The first-order chi connectivity index (χ1) is 8.14. The summed E-state index contributed by atoms with van der Waals surface area (Å²) in [5.41, 5.74) is 0.868. The first-order valence-corrected chi connectivity index (χ1v) is 5.80. The fourth-order valence-corrected chi connectivity index (χ4v) is 1.69. The van der Waals surface area contributed by atoms with E-state index in [2.05, 4.69) is 5.32 Å². The molecular weight excluding hydrogens is 232 g/mol. The molecule has 0 radical (unpaired) electrons. The van der Waals surface area contributed by atoms with Crippen LogP contribution < -0.4 is 5.32 Å². The average molecular weight is 252 g/mol. The van der Waals surface area contributed by atoms with Gasteiger partial charge in [0, 0.05) is 12.7 Å². The van der Waals surface area contributed by atoms with Gasteiger partial charge < -0.3 is 15.0 Å². The molecule has 0 aliphatic rings. The van der Waals surface area contributed by atoms with E-state index in [-0.39, 0.29) is 5.91 Å². The molecule has 0 aromatic carbocycles. The van der Waals surface area contributed by atoms with Crippen molar-refractivity contribution in [3.63, 3.8) is 0 Å². The first kappa shape index (κ1) is 14.3. The van der Waals surface area contributed by atoms with E-state index in [9.17, 15) is 9.59 Å². The van der Waals surface area contributed by atoms with E-state index in [1.54, 1.807) is 38.5 Å². The van der Waals surface area contributed by atoms with Crippen LogP contribution in [0.4, 0.5) is 0 Å². The van der Waals surface area contributed by atoms with E-state index in [0.29, 0.717) is 5.69 Å². The number of nitrogens with one attached hydrogen (secondary N) is 1. The second-order valence-electron chi connectivity index (χ2n) is 5.53. The molecule has 0 bridgehead atoms. The third kappa shape index (κ3) is 2.91. The number of nitrogens with zero attached hydrogens (tertiary/aromatic N) is 1. The molecule has 1 atom stereocenters. The number of carbonyl (C=O) groups excluding carboxylic acids is 1. The second-order valence-corrected chi connectivity index (χ2v) is 5.53. The number of hydrogen-bond acceptors (Lipinski definition) is 2. The van der Waals surface area contributed by atoms with E-state index in [4.69, 9.17) is 5.11 Å². The molecular formula is C13H20N2O3. The van der Waals surface area contributed by atoms with Gasteiger partial charge in [-0.1, -0.05) is 20.8 Å². The molecule has 5 heteroatoms. The van der Waals surface area contributed by atoms with Crippen molar-refractivity contribution in [2.75, 3.05) is 0 Å².